The van der Waals surface area contributed by atoms with Crippen LogP contribution in [0.4, 0.5) is 0 Å². The van der Waals surface area contributed by atoms with Crippen LogP contribution in [0.5, 0.6) is 0 Å². The van der Waals surface area contributed by atoms with Gasteiger partial charge < -0.3 is 14.6 Å². The molecule has 0 spiro atoms. The van der Waals surface area contributed by atoms with Gasteiger partial charge in [-0.25, -0.2) is 0 Å². The fraction of sp³-hybridized carbons (Fsp3) is 0.353. The Morgan fingerprint density at radius 2 is 1.90 bits per heavy atom. The quantitative estimate of drug-likeness (QED) is 0.794. The average Bonchev–Trinajstić information content (AvgIpc) is 2.53. The van der Waals surface area contributed by atoms with Crippen LogP contribution in [0.25, 0.3) is 11.3 Å². The first kappa shape index (κ1) is 15.5. The van der Waals surface area contributed by atoms with Gasteiger partial charge in [0.05, 0.1) is 12.3 Å². The van der Waals surface area contributed by atoms with Crippen LogP contribution in [0.1, 0.15) is 12.5 Å². The maximum atomic E-state index is 12.5. The average molecular weight is 286 g/mol. The highest BCUT2D eigenvalue weighted by Crippen LogP contribution is 2.17. The summed E-state index contributed by atoms with van der Waals surface area (Å²) in [6.45, 7) is 4.61. The van der Waals surface area contributed by atoms with Crippen molar-refractivity contribution in [1.29, 1.82) is 0 Å². The second kappa shape index (κ2) is 7.76. The molecule has 0 saturated heterocycles. The zero-order valence-corrected chi connectivity index (χ0v) is 12.6. The molecule has 4 nitrogen and oxygen atoms in total. The lowest BCUT2D eigenvalue weighted by Crippen LogP contribution is -2.28. The predicted octanol–water partition coefficient (Wildman–Crippen LogP) is 2.27. The van der Waals surface area contributed by atoms with Gasteiger partial charge in [-0.3, -0.25) is 4.79 Å². The molecule has 0 amide bonds. The van der Waals surface area contributed by atoms with Crippen molar-refractivity contribution in [2.75, 3.05) is 20.3 Å². The van der Waals surface area contributed by atoms with Gasteiger partial charge in [0.25, 0.3) is 5.56 Å². The number of pyridine rings is 1. The maximum Gasteiger partial charge on any atom is 0.255 e. The highest BCUT2D eigenvalue weighted by Gasteiger charge is 2.08. The number of aromatic nitrogens is 1. The number of benzene rings is 1. The molecule has 0 radical (unpaired) electrons. The van der Waals surface area contributed by atoms with Gasteiger partial charge >= 0.3 is 0 Å². The van der Waals surface area contributed by atoms with Crippen molar-refractivity contribution < 1.29 is 4.74 Å². The molecule has 21 heavy (non-hydrogen) atoms. The molecular weight excluding hydrogens is 264 g/mol. The Kier molecular flexibility index (Phi) is 5.72. The van der Waals surface area contributed by atoms with Gasteiger partial charge in [0.1, 0.15) is 0 Å². The van der Waals surface area contributed by atoms with Gasteiger partial charge in [0.15, 0.2) is 0 Å². The lowest BCUT2D eigenvalue weighted by atomic mass is 10.1. The number of ether oxygens (including phenoxy) is 1. The third kappa shape index (κ3) is 3.80. The zero-order chi connectivity index (χ0) is 15.1. The molecule has 112 valence electrons. The van der Waals surface area contributed by atoms with E-state index in [0.717, 1.165) is 23.4 Å². The van der Waals surface area contributed by atoms with Crippen LogP contribution in [-0.4, -0.2) is 24.8 Å². The summed E-state index contributed by atoms with van der Waals surface area (Å²) in [5.41, 5.74) is 2.88. The minimum absolute atomic E-state index is 0.0729. The zero-order valence-electron chi connectivity index (χ0n) is 12.6. The number of hydrogen-bond acceptors (Lipinski definition) is 3. The summed E-state index contributed by atoms with van der Waals surface area (Å²) in [5.74, 6) is 0. The Labute approximate surface area is 125 Å². The summed E-state index contributed by atoms with van der Waals surface area (Å²) in [7, 11) is 1.67. The van der Waals surface area contributed by atoms with E-state index in [0.29, 0.717) is 19.7 Å². The van der Waals surface area contributed by atoms with Crippen LogP contribution in [0.15, 0.2) is 47.3 Å². The van der Waals surface area contributed by atoms with Crippen molar-refractivity contribution >= 4 is 0 Å². The van der Waals surface area contributed by atoms with Crippen molar-refractivity contribution in [2.45, 2.75) is 20.0 Å². The van der Waals surface area contributed by atoms with Crippen LogP contribution < -0.4 is 10.9 Å². The van der Waals surface area contributed by atoms with Crippen molar-refractivity contribution in [3.8, 4) is 11.3 Å². The van der Waals surface area contributed by atoms with E-state index >= 15 is 0 Å². The largest absolute Gasteiger partial charge is 0.383 e. The van der Waals surface area contributed by atoms with E-state index in [9.17, 15) is 4.79 Å². The van der Waals surface area contributed by atoms with Gasteiger partial charge in [-0.2, -0.15) is 0 Å². The molecule has 0 saturated carbocycles. The van der Waals surface area contributed by atoms with Crippen molar-refractivity contribution in [3.05, 3.63) is 58.4 Å². The topological polar surface area (TPSA) is 43.3 Å². The van der Waals surface area contributed by atoms with E-state index in [-0.39, 0.29) is 5.56 Å². The van der Waals surface area contributed by atoms with Gasteiger partial charge in [-0.1, -0.05) is 36.4 Å². The summed E-state index contributed by atoms with van der Waals surface area (Å²) in [6.07, 6.45) is 0. The molecule has 0 aliphatic rings. The smallest absolute Gasteiger partial charge is 0.255 e. The third-order valence-corrected chi connectivity index (χ3v) is 3.44. The van der Waals surface area contributed by atoms with E-state index in [1.54, 1.807) is 7.11 Å². The van der Waals surface area contributed by atoms with E-state index in [4.69, 9.17) is 4.74 Å². The first-order valence-corrected chi connectivity index (χ1v) is 7.25. The molecule has 0 aliphatic heterocycles. The monoisotopic (exact) mass is 286 g/mol. The molecule has 0 unspecified atom stereocenters. The van der Waals surface area contributed by atoms with Crippen molar-refractivity contribution in [1.82, 2.24) is 9.88 Å². The lowest BCUT2D eigenvalue weighted by molar-refractivity contribution is 0.199. The third-order valence-electron chi connectivity index (χ3n) is 3.44. The Balaban J connectivity index is 2.26. The second-order valence-electron chi connectivity index (χ2n) is 4.83. The van der Waals surface area contributed by atoms with Crippen LogP contribution in [-0.2, 0) is 17.8 Å². The molecule has 0 aliphatic carbocycles. The van der Waals surface area contributed by atoms with Crippen LogP contribution in [0, 0.1) is 0 Å². The molecule has 1 N–H and O–H groups in total. The summed E-state index contributed by atoms with van der Waals surface area (Å²) < 4.78 is 6.81. The van der Waals surface area contributed by atoms with E-state index < -0.39 is 0 Å². The molecule has 4 heteroatoms. The fourth-order valence-electron chi connectivity index (χ4n) is 2.33. The summed E-state index contributed by atoms with van der Waals surface area (Å²) in [4.78, 5) is 12.5. The van der Waals surface area contributed by atoms with Crippen molar-refractivity contribution in [2.24, 2.45) is 0 Å². The molecule has 2 rings (SSSR count). The van der Waals surface area contributed by atoms with E-state index in [1.165, 1.54) is 0 Å². The molecule has 0 atom stereocenters. The SMILES string of the molecule is CCn1c(-c2ccccc2)ccc(CNCCOC)c1=O. The van der Waals surface area contributed by atoms with Gasteiger partial charge in [0.2, 0.25) is 0 Å². The second-order valence-corrected chi connectivity index (χ2v) is 4.83. The lowest BCUT2D eigenvalue weighted by Gasteiger charge is -2.13. The first-order chi connectivity index (χ1) is 10.3. The van der Waals surface area contributed by atoms with Gasteiger partial charge in [0, 0.05) is 32.3 Å². The molecular formula is C17H22N2O2. The fourth-order valence-corrected chi connectivity index (χ4v) is 2.33. The number of methoxy groups -OCH3 is 1. The summed E-state index contributed by atoms with van der Waals surface area (Å²) in [5, 5.41) is 3.22. The van der Waals surface area contributed by atoms with Crippen molar-refractivity contribution in [3.63, 3.8) is 0 Å². The number of nitrogens with one attached hydrogen (secondary N) is 1. The van der Waals surface area contributed by atoms with Crippen LogP contribution >= 0.6 is 0 Å². The Hall–Kier alpha value is -1.91. The maximum absolute atomic E-state index is 12.5. The Bertz CT molecular complexity index is 620. The highest BCUT2D eigenvalue weighted by atomic mass is 16.5. The summed E-state index contributed by atoms with van der Waals surface area (Å²) in [6, 6.07) is 13.9. The van der Waals surface area contributed by atoms with E-state index in [1.807, 2.05) is 54.0 Å². The molecule has 0 bridgehead atoms. The normalized spacial score (nSPS) is 10.8. The van der Waals surface area contributed by atoms with Gasteiger partial charge in [-0.15, -0.1) is 0 Å². The molecule has 0 fully saturated rings. The van der Waals surface area contributed by atoms with Crippen LogP contribution in [0.3, 0.4) is 0 Å². The van der Waals surface area contributed by atoms with Gasteiger partial charge in [-0.05, 0) is 18.6 Å². The number of nitrogens with zero attached hydrogens (tertiary/aromatic N) is 1. The minimum Gasteiger partial charge on any atom is -0.383 e. The molecule has 1 heterocycles. The first-order valence-electron chi connectivity index (χ1n) is 7.25. The molecule has 1 aromatic heterocycles. The number of rotatable bonds is 7. The molecule has 2 aromatic rings. The van der Waals surface area contributed by atoms with E-state index in [2.05, 4.69) is 5.32 Å². The standard InChI is InChI=1S/C17H22N2O2/c1-3-19-16(14-7-5-4-6-8-14)10-9-15(17(19)20)13-18-11-12-21-2/h4-10,18H,3,11-13H2,1-2H3. The van der Waals surface area contributed by atoms with Crippen LogP contribution in [0.2, 0.25) is 0 Å². The highest BCUT2D eigenvalue weighted by molar-refractivity contribution is 5.59. The number of hydrogen-bond donors (Lipinski definition) is 1. The molecule has 1 aromatic carbocycles. The minimum atomic E-state index is 0.0729. The summed E-state index contributed by atoms with van der Waals surface area (Å²) >= 11 is 0. The predicted molar refractivity (Wildman–Crippen MR) is 85.4 cm³/mol. The Morgan fingerprint density at radius 1 is 1.14 bits per heavy atom. The Morgan fingerprint density at radius 3 is 2.57 bits per heavy atom.